The first kappa shape index (κ1) is 18.1. The standard InChI is InChI=1S/C19H26N6O/c1-12(17-13(2)23-24-19(18(17)20)25(3)4)22-15-7-5-6-8-16(15)26-14-9-10-21-11-14/h5-8,14,21H,9-11H2,1-4H3,(H2,20,23). The van der Waals surface area contributed by atoms with Crippen molar-refractivity contribution in [2.45, 2.75) is 26.4 Å². The average Bonchev–Trinajstić information content (AvgIpc) is 3.09. The normalized spacial score (nSPS) is 17.4. The number of anilines is 2. The number of nitrogens with zero attached hydrogens (tertiary/aromatic N) is 4. The molecule has 0 saturated carbocycles. The van der Waals surface area contributed by atoms with Crippen LogP contribution in [0.4, 0.5) is 17.2 Å². The molecule has 0 amide bonds. The highest BCUT2D eigenvalue weighted by Crippen LogP contribution is 2.31. The summed E-state index contributed by atoms with van der Waals surface area (Å²) in [4.78, 5) is 6.65. The van der Waals surface area contributed by atoms with Crippen molar-refractivity contribution in [2.24, 2.45) is 4.99 Å². The number of aromatic nitrogens is 2. The van der Waals surface area contributed by atoms with Crippen LogP contribution in [0.1, 0.15) is 24.6 Å². The Morgan fingerprint density at radius 1 is 1.31 bits per heavy atom. The van der Waals surface area contributed by atoms with E-state index in [1.807, 2.05) is 57.1 Å². The van der Waals surface area contributed by atoms with E-state index in [1.165, 1.54) is 0 Å². The third-order valence-corrected chi connectivity index (χ3v) is 4.41. The smallest absolute Gasteiger partial charge is 0.174 e. The van der Waals surface area contributed by atoms with Crippen LogP contribution in [-0.2, 0) is 0 Å². The van der Waals surface area contributed by atoms with Crippen LogP contribution >= 0.6 is 0 Å². The zero-order valence-electron chi connectivity index (χ0n) is 15.8. The zero-order valence-corrected chi connectivity index (χ0v) is 15.8. The lowest BCUT2D eigenvalue weighted by Crippen LogP contribution is -2.19. The summed E-state index contributed by atoms with van der Waals surface area (Å²) < 4.78 is 6.13. The quantitative estimate of drug-likeness (QED) is 0.801. The van der Waals surface area contributed by atoms with Crippen LogP contribution in [0.25, 0.3) is 0 Å². The molecule has 1 aromatic carbocycles. The van der Waals surface area contributed by atoms with Crippen LogP contribution in [0.2, 0.25) is 0 Å². The van der Waals surface area contributed by atoms with E-state index in [9.17, 15) is 0 Å². The maximum absolute atomic E-state index is 6.35. The van der Waals surface area contributed by atoms with Crippen molar-refractivity contribution in [1.29, 1.82) is 0 Å². The summed E-state index contributed by atoms with van der Waals surface area (Å²) in [5.41, 5.74) is 10.1. The second-order valence-electron chi connectivity index (χ2n) is 6.69. The number of para-hydroxylation sites is 2. The van der Waals surface area contributed by atoms with Gasteiger partial charge in [-0.3, -0.25) is 0 Å². The Kier molecular flexibility index (Phi) is 5.37. The van der Waals surface area contributed by atoms with Gasteiger partial charge in [0.25, 0.3) is 0 Å². The monoisotopic (exact) mass is 354 g/mol. The molecule has 1 aliphatic rings. The molecule has 0 bridgehead atoms. The minimum Gasteiger partial charge on any atom is -0.487 e. The highest BCUT2D eigenvalue weighted by Gasteiger charge is 2.19. The summed E-state index contributed by atoms with van der Waals surface area (Å²) in [5, 5.41) is 11.7. The largest absolute Gasteiger partial charge is 0.487 e. The predicted molar refractivity (Wildman–Crippen MR) is 106 cm³/mol. The van der Waals surface area contributed by atoms with Crippen molar-refractivity contribution < 1.29 is 4.74 Å². The number of hydrogen-bond acceptors (Lipinski definition) is 7. The maximum atomic E-state index is 6.35. The fourth-order valence-corrected chi connectivity index (χ4v) is 3.11. The molecule has 1 saturated heterocycles. The van der Waals surface area contributed by atoms with Crippen LogP contribution in [0, 0.1) is 6.92 Å². The van der Waals surface area contributed by atoms with E-state index in [4.69, 9.17) is 15.5 Å². The van der Waals surface area contributed by atoms with Crippen LogP contribution in [0.3, 0.4) is 0 Å². The van der Waals surface area contributed by atoms with E-state index in [0.29, 0.717) is 11.5 Å². The Labute approximate surface area is 154 Å². The topological polar surface area (TPSA) is 88.7 Å². The maximum Gasteiger partial charge on any atom is 0.174 e. The van der Waals surface area contributed by atoms with Gasteiger partial charge in [-0.2, -0.15) is 5.10 Å². The fraction of sp³-hybridized carbons (Fsp3) is 0.421. The number of aliphatic imine (C=N–C) groups is 1. The minimum atomic E-state index is 0.182. The molecule has 3 N–H and O–H groups in total. The molecule has 138 valence electrons. The van der Waals surface area contributed by atoms with Gasteiger partial charge in [0, 0.05) is 31.9 Å². The van der Waals surface area contributed by atoms with E-state index in [0.717, 1.165) is 47.9 Å². The molecular formula is C19H26N6O. The molecule has 26 heavy (non-hydrogen) atoms. The van der Waals surface area contributed by atoms with Crippen molar-refractivity contribution in [2.75, 3.05) is 37.8 Å². The Hall–Kier alpha value is -2.67. The lowest BCUT2D eigenvalue weighted by Gasteiger charge is -2.17. The number of nitrogens with two attached hydrogens (primary N) is 1. The molecule has 1 aliphatic heterocycles. The Morgan fingerprint density at radius 3 is 2.77 bits per heavy atom. The molecule has 2 heterocycles. The molecule has 7 nitrogen and oxygen atoms in total. The molecule has 0 spiro atoms. The van der Waals surface area contributed by atoms with Crippen LogP contribution in [0.5, 0.6) is 5.75 Å². The van der Waals surface area contributed by atoms with Gasteiger partial charge in [-0.25, -0.2) is 4.99 Å². The zero-order chi connectivity index (χ0) is 18.7. The molecule has 0 aliphatic carbocycles. The highest BCUT2D eigenvalue weighted by molar-refractivity contribution is 6.07. The number of nitrogens with one attached hydrogen (secondary N) is 1. The summed E-state index contributed by atoms with van der Waals surface area (Å²) >= 11 is 0. The van der Waals surface area contributed by atoms with Gasteiger partial charge in [-0.05, 0) is 38.9 Å². The third-order valence-electron chi connectivity index (χ3n) is 4.41. The molecule has 3 rings (SSSR count). The van der Waals surface area contributed by atoms with Crippen LogP contribution in [0.15, 0.2) is 29.3 Å². The van der Waals surface area contributed by atoms with Crippen LogP contribution in [-0.4, -0.2) is 49.2 Å². The summed E-state index contributed by atoms with van der Waals surface area (Å²) in [7, 11) is 3.79. The lowest BCUT2D eigenvalue weighted by atomic mass is 10.1. The number of hydrogen-bond donors (Lipinski definition) is 2. The average molecular weight is 354 g/mol. The SMILES string of the molecule is CC(=Nc1ccccc1OC1CCNC1)c1c(C)nnc(N(C)C)c1N. The van der Waals surface area contributed by atoms with Gasteiger partial charge in [-0.1, -0.05) is 12.1 Å². The molecular weight excluding hydrogens is 328 g/mol. The van der Waals surface area contributed by atoms with E-state index in [-0.39, 0.29) is 6.10 Å². The van der Waals surface area contributed by atoms with Gasteiger partial charge in [0.15, 0.2) is 5.82 Å². The summed E-state index contributed by atoms with van der Waals surface area (Å²) in [6.07, 6.45) is 1.19. The van der Waals surface area contributed by atoms with Crippen molar-refractivity contribution >= 4 is 22.9 Å². The van der Waals surface area contributed by atoms with Gasteiger partial charge >= 0.3 is 0 Å². The van der Waals surface area contributed by atoms with Gasteiger partial charge in [0.1, 0.15) is 17.5 Å². The van der Waals surface area contributed by atoms with E-state index < -0.39 is 0 Å². The summed E-state index contributed by atoms with van der Waals surface area (Å²) in [6.45, 7) is 5.68. The third kappa shape index (κ3) is 3.77. The molecule has 7 heteroatoms. The van der Waals surface area contributed by atoms with E-state index >= 15 is 0 Å². The number of rotatable bonds is 5. The number of ether oxygens (including phenoxy) is 1. The Bertz CT molecular complexity index is 812. The Morgan fingerprint density at radius 2 is 2.08 bits per heavy atom. The van der Waals surface area contributed by atoms with Crippen molar-refractivity contribution in [3.8, 4) is 5.75 Å². The van der Waals surface area contributed by atoms with Gasteiger partial charge in [0.05, 0.1) is 11.4 Å². The lowest BCUT2D eigenvalue weighted by molar-refractivity contribution is 0.224. The molecule has 1 aromatic heterocycles. The Balaban J connectivity index is 1.97. The van der Waals surface area contributed by atoms with Gasteiger partial charge < -0.3 is 20.7 Å². The first-order chi connectivity index (χ1) is 12.5. The predicted octanol–water partition coefficient (Wildman–Crippen LogP) is 2.31. The molecule has 2 aromatic rings. The van der Waals surface area contributed by atoms with Crippen molar-refractivity contribution in [3.63, 3.8) is 0 Å². The van der Waals surface area contributed by atoms with Crippen LogP contribution < -0.4 is 20.7 Å². The van der Waals surface area contributed by atoms with Gasteiger partial charge in [-0.15, -0.1) is 5.10 Å². The van der Waals surface area contributed by atoms with Crippen molar-refractivity contribution in [1.82, 2.24) is 15.5 Å². The summed E-state index contributed by atoms with van der Waals surface area (Å²) in [5.74, 6) is 1.42. The first-order valence-corrected chi connectivity index (χ1v) is 8.79. The number of aryl methyl sites for hydroxylation is 1. The second kappa shape index (κ2) is 7.70. The minimum absolute atomic E-state index is 0.182. The summed E-state index contributed by atoms with van der Waals surface area (Å²) in [6, 6.07) is 7.83. The second-order valence-corrected chi connectivity index (χ2v) is 6.69. The molecule has 1 atom stereocenters. The number of nitrogen functional groups attached to an aromatic ring is 1. The van der Waals surface area contributed by atoms with Crippen molar-refractivity contribution in [3.05, 3.63) is 35.5 Å². The van der Waals surface area contributed by atoms with E-state index in [1.54, 1.807) is 0 Å². The first-order valence-electron chi connectivity index (χ1n) is 8.79. The highest BCUT2D eigenvalue weighted by atomic mass is 16.5. The number of benzene rings is 1. The molecule has 1 unspecified atom stereocenters. The fourth-order valence-electron chi connectivity index (χ4n) is 3.11. The van der Waals surface area contributed by atoms with E-state index in [2.05, 4.69) is 15.5 Å². The molecule has 0 radical (unpaired) electrons. The van der Waals surface area contributed by atoms with Gasteiger partial charge in [0.2, 0.25) is 0 Å². The molecule has 1 fully saturated rings.